The molecule has 0 radical (unpaired) electrons. The van der Waals surface area contributed by atoms with Crippen LogP contribution in [0.4, 0.5) is 5.69 Å². The molecule has 2 aromatic carbocycles. The molecule has 0 aromatic heterocycles. The number of benzene rings is 2. The van der Waals surface area contributed by atoms with Crippen molar-refractivity contribution in [2.75, 3.05) is 31.1 Å². The van der Waals surface area contributed by atoms with Crippen LogP contribution in [-0.2, 0) is 11.2 Å². The van der Waals surface area contributed by atoms with Gasteiger partial charge in [-0.25, -0.2) is 0 Å². The molecule has 1 heterocycles. The van der Waals surface area contributed by atoms with Crippen molar-refractivity contribution in [1.29, 1.82) is 0 Å². The van der Waals surface area contributed by atoms with Crippen molar-refractivity contribution in [2.45, 2.75) is 13.3 Å². The summed E-state index contributed by atoms with van der Waals surface area (Å²) in [4.78, 5) is 16.7. The highest BCUT2D eigenvalue weighted by Crippen LogP contribution is 2.17. The zero-order valence-corrected chi connectivity index (χ0v) is 13.0. The maximum atomic E-state index is 12.4. The lowest BCUT2D eigenvalue weighted by Gasteiger charge is -2.36. The normalized spacial score (nSPS) is 15.0. The third-order valence-corrected chi connectivity index (χ3v) is 4.23. The molecule has 1 amide bonds. The summed E-state index contributed by atoms with van der Waals surface area (Å²) in [6.45, 7) is 5.52. The van der Waals surface area contributed by atoms with Crippen LogP contribution in [0, 0.1) is 6.92 Å². The monoisotopic (exact) mass is 294 g/mol. The van der Waals surface area contributed by atoms with Crippen LogP contribution in [0.15, 0.2) is 54.6 Å². The van der Waals surface area contributed by atoms with Gasteiger partial charge in [-0.3, -0.25) is 4.79 Å². The maximum absolute atomic E-state index is 12.4. The highest BCUT2D eigenvalue weighted by atomic mass is 16.2. The van der Waals surface area contributed by atoms with Crippen molar-refractivity contribution < 1.29 is 4.79 Å². The average molecular weight is 294 g/mol. The van der Waals surface area contributed by atoms with E-state index in [1.54, 1.807) is 0 Å². The summed E-state index contributed by atoms with van der Waals surface area (Å²) in [5.41, 5.74) is 3.62. The second-order valence-electron chi connectivity index (χ2n) is 5.87. The summed E-state index contributed by atoms with van der Waals surface area (Å²) in [7, 11) is 0. The van der Waals surface area contributed by atoms with E-state index in [0.717, 1.165) is 31.7 Å². The maximum Gasteiger partial charge on any atom is 0.227 e. The Morgan fingerprint density at radius 3 is 2.18 bits per heavy atom. The summed E-state index contributed by atoms with van der Waals surface area (Å²) in [5.74, 6) is 0.231. The lowest BCUT2D eigenvalue weighted by Crippen LogP contribution is -2.49. The minimum atomic E-state index is 0.231. The average Bonchev–Trinajstić information content (AvgIpc) is 2.57. The van der Waals surface area contributed by atoms with Gasteiger partial charge in [0.2, 0.25) is 5.91 Å². The van der Waals surface area contributed by atoms with E-state index >= 15 is 0 Å². The second kappa shape index (κ2) is 6.65. The van der Waals surface area contributed by atoms with E-state index in [1.807, 2.05) is 35.2 Å². The number of piperazine rings is 1. The lowest BCUT2D eigenvalue weighted by atomic mass is 10.1. The highest BCUT2D eigenvalue weighted by molar-refractivity contribution is 5.79. The van der Waals surface area contributed by atoms with Gasteiger partial charge in [-0.2, -0.15) is 0 Å². The number of rotatable bonds is 3. The highest BCUT2D eigenvalue weighted by Gasteiger charge is 2.21. The van der Waals surface area contributed by atoms with Crippen molar-refractivity contribution in [1.82, 2.24) is 4.90 Å². The fourth-order valence-electron chi connectivity index (χ4n) is 2.85. The fourth-order valence-corrected chi connectivity index (χ4v) is 2.85. The molecule has 3 nitrogen and oxygen atoms in total. The molecule has 1 aliphatic heterocycles. The minimum Gasteiger partial charge on any atom is -0.368 e. The minimum absolute atomic E-state index is 0.231. The molecule has 3 heteroatoms. The molecule has 1 saturated heterocycles. The molecule has 0 atom stereocenters. The standard InChI is InChI=1S/C19H22N2O/c1-16-7-9-18(10-8-16)20-11-13-21(14-12-20)19(22)15-17-5-3-2-4-6-17/h2-10H,11-15H2,1H3. The number of carbonyl (C=O) groups is 1. The van der Waals surface area contributed by atoms with E-state index in [1.165, 1.54) is 11.3 Å². The topological polar surface area (TPSA) is 23.6 Å². The number of aryl methyl sites for hydroxylation is 1. The summed E-state index contributed by atoms with van der Waals surface area (Å²) >= 11 is 0. The number of amides is 1. The molecule has 0 N–H and O–H groups in total. The first kappa shape index (κ1) is 14.6. The summed E-state index contributed by atoms with van der Waals surface area (Å²) < 4.78 is 0. The predicted molar refractivity (Wildman–Crippen MR) is 90.1 cm³/mol. The van der Waals surface area contributed by atoms with Crippen molar-refractivity contribution in [2.24, 2.45) is 0 Å². The van der Waals surface area contributed by atoms with Gasteiger partial charge in [0.25, 0.3) is 0 Å². The van der Waals surface area contributed by atoms with Crippen molar-refractivity contribution >= 4 is 11.6 Å². The molecule has 0 aliphatic carbocycles. The van der Waals surface area contributed by atoms with Gasteiger partial charge in [0.15, 0.2) is 0 Å². The number of nitrogens with zero attached hydrogens (tertiary/aromatic N) is 2. The Labute approximate surface area is 132 Å². The van der Waals surface area contributed by atoms with Crippen molar-refractivity contribution in [3.05, 3.63) is 65.7 Å². The molecule has 0 bridgehead atoms. The number of hydrogen-bond donors (Lipinski definition) is 0. The van der Waals surface area contributed by atoms with E-state index in [-0.39, 0.29) is 5.91 Å². The van der Waals surface area contributed by atoms with Crippen molar-refractivity contribution in [3.8, 4) is 0 Å². The second-order valence-corrected chi connectivity index (χ2v) is 5.87. The fraction of sp³-hybridized carbons (Fsp3) is 0.316. The Morgan fingerprint density at radius 2 is 1.55 bits per heavy atom. The van der Waals surface area contributed by atoms with E-state index in [0.29, 0.717) is 6.42 Å². The van der Waals surface area contributed by atoms with Gasteiger partial charge < -0.3 is 9.80 Å². The van der Waals surface area contributed by atoms with Crippen LogP contribution in [0.3, 0.4) is 0 Å². The summed E-state index contributed by atoms with van der Waals surface area (Å²) in [6, 6.07) is 18.6. The molecule has 0 spiro atoms. The van der Waals surface area contributed by atoms with E-state index in [4.69, 9.17) is 0 Å². The van der Waals surface area contributed by atoms with Gasteiger partial charge in [0.1, 0.15) is 0 Å². The Hall–Kier alpha value is -2.29. The predicted octanol–water partition coefficient (Wildman–Crippen LogP) is 2.89. The van der Waals surface area contributed by atoms with Gasteiger partial charge in [0.05, 0.1) is 6.42 Å². The molecular formula is C19H22N2O. The van der Waals surface area contributed by atoms with Crippen LogP contribution >= 0.6 is 0 Å². The van der Waals surface area contributed by atoms with Crippen LogP contribution in [0.5, 0.6) is 0 Å². The Bertz CT molecular complexity index is 614. The third kappa shape index (κ3) is 3.48. The quantitative estimate of drug-likeness (QED) is 0.869. The number of hydrogen-bond acceptors (Lipinski definition) is 2. The molecule has 2 aromatic rings. The third-order valence-electron chi connectivity index (χ3n) is 4.23. The molecule has 114 valence electrons. The Kier molecular flexibility index (Phi) is 4.42. The first-order valence-corrected chi connectivity index (χ1v) is 7.86. The van der Waals surface area contributed by atoms with Gasteiger partial charge >= 0.3 is 0 Å². The zero-order valence-electron chi connectivity index (χ0n) is 13.0. The zero-order chi connectivity index (χ0) is 15.4. The molecule has 0 saturated carbocycles. The van der Waals surface area contributed by atoms with Crippen LogP contribution in [0.1, 0.15) is 11.1 Å². The number of carbonyl (C=O) groups excluding carboxylic acids is 1. The van der Waals surface area contributed by atoms with E-state index < -0.39 is 0 Å². The van der Waals surface area contributed by atoms with Crippen molar-refractivity contribution in [3.63, 3.8) is 0 Å². The molecule has 3 rings (SSSR count). The van der Waals surface area contributed by atoms with Crippen LogP contribution < -0.4 is 4.90 Å². The summed E-state index contributed by atoms with van der Waals surface area (Å²) in [5, 5.41) is 0. The molecule has 22 heavy (non-hydrogen) atoms. The molecular weight excluding hydrogens is 272 g/mol. The van der Waals surface area contributed by atoms with Crippen LogP contribution in [0.2, 0.25) is 0 Å². The largest absolute Gasteiger partial charge is 0.368 e. The van der Waals surface area contributed by atoms with Gasteiger partial charge in [-0.15, -0.1) is 0 Å². The van der Waals surface area contributed by atoms with Gasteiger partial charge in [-0.1, -0.05) is 48.0 Å². The van der Waals surface area contributed by atoms with Gasteiger partial charge in [0, 0.05) is 31.9 Å². The van der Waals surface area contributed by atoms with Crippen LogP contribution in [0.25, 0.3) is 0 Å². The SMILES string of the molecule is Cc1ccc(N2CCN(C(=O)Cc3ccccc3)CC2)cc1. The Balaban J connectivity index is 1.55. The smallest absolute Gasteiger partial charge is 0.227 e. The van der Waals surface area contributed by atoms with Crippen LogP contribution in [-0.4, -0.2) is 37.0 Å². The summed E-state index contributed by atoms with van der Waals surface area (Å²) in [6.07, 6.45) is 0.505. The first-order chi connectivity index (χ1) is 10.7. The van der Waals surface area contributed by atoms with E-state index in [2.05, 4.69) is 36.1 Å². The molecule has 0 unspecified atom stereocenters. The first-order valence-electron chi connectivity index (χ1n) is 7.86. The van der Waals surface area contributed by atoms with E-state index in [9.17, 15) is 4.79 Å². The number of anilines is 1. The molecule has 1 aliphatic rings. The Morgan fingerprint density at radius 1 is 0.909 bits per heavy atom. The lowest BCUT2D eigenvalue weighted by molar-refractivity contribution is -0.130. The van der Waals surface area contributed by atoms with Gasteiger partial charge in [-0.05, 0) is 24.6 Å². The molecule has 1 fully saturated rings.